The number of hydrogen-bond donors (Lipinski definition) is 0. The number of alkyl halides is 2. The molecule has 10 heteroatoms. The predicted octanol–water partition coefficient (Wildman–Crippen LogP) is 7.57. The lowest BCUT2D eigenvalue weighted by molar-refractivity contribution is -0.123. The Balaban J connectivity index is 1.17. The van der Waals surface area contributed by atoms with E-state index in [1.165, 1.54) is 4.90 Å². The fourth-order valence-electron chi connectivity index (χ4n) is 7.13. The number of anilines is 1. The number of hydrogen-bond acceptors (Lipinski definition) is 6. The van der Waals surface area contributed by atoms with E-state index in [0.717, 1.165) is 12.0 Å². The molecule has 3 fully saturated rings. The molecule has 7 nitrogen and oxygen atoms in total. The van der Waals surface area contributed by atoms with E-state index in [0.29, 0.717) is 38.4 Å². The summed E-state index contributed by atoms with van der Waals surface area (Å²) in [5.74, 6) is -1.62. The van der Waals surface area contributed by atoms with Gasteiger partial charge in [0.2, 0.25) is 17.6 Å². The lowest BCUT2D eigenvalue weighted by Gasteiger charge is -2.28. The highest BCUT2D eigenvalue weighted by atomic mass is 79.9. The third kappa shape index (κ3) is 5.04. The Morgan fingerprint density at radius 1 is 0.911 bits per heavy atom. The number of ether oxygens (including phenoxy) is 1. The van der Waals surface area contributed by atoms with Crippen LogP contribution in [0.3, 0.4) is 0 Å². The third-order valence-corrected chi connectivity index (χ3v) is 12.8. The Bertz CT molecular complexity index is 1870. The number of nitrogens with zero attached hydrogens (tertiary/aromatic N) is 2. The zero-order valence-electron chi connectivity index (χ0n) is 24.2. The van der Waals surface area contributed by atoms with Gasteiger partial charge in [0, 0.05) is 31.2 Å². The predicted molar refractivity (Wildman–Crippen MR) is 179 cm³/mol. The van der Waals surface area contributed by atoms with Crippen LogP contribution in [0.25, 0.3) is 22.2 Å². The second kappa shape index (κ2) is 11.4. The van der Waals surface area contributed by atoms with Crippen LogP contribution in [-0.2, 0) is 14.3 Å². The smallest absolute Gasteiger partial charge is 0.339 e. The van der Waals surface area contributed by atoms with Crippen molar-refractivity contribution in [2.75, 3.05) is 4.90 Å². The van der Waals surface area contributed by atoms with E-state index in [1.54, 1.807) is 67.6 Å². The molecule has 1 saturated heterocycles. The van der Waals surface area contributed by atoms with Crippen molar-refractivity contribution in [3.63, 3.8) is 0 Å². The molecular formula is C35H27Br2ClN2O5. The highest BCUT2D eigenvalue weighted by Gasteiger charge is 2.66. The summed E-state index contributed by atoms with van der Waals surface area (Å²) in [5.41, 5.74) is 3.88. The first kappa shape index (κ1) is 30.3. The monoisotopic (exact) mass is 748 g/mol. The molecule has 7 unspecified atom stereocenters. The summed E-state index contributed by atoms with van der Waals surface area (Å²) < 4.78 is 5.66. The van der Waals surface area contributed by atoms with Gasteiger partial charge in [0.1, 0.15) is 0 Å². The number of ketones is 1. The van der Waals surface area contributed by atoms with E-state index >= 15 is 0 Å². The van der Waals surface area contributed by atoms with Crippen LogP contribution in [0, 0.1) is 30.6 Å². The van der Waals surface area contributed by atoms with Crippen molar-refractivity contribution >= 4 is 83.6 Å². The van der Waals surface area contributed by atoms with Gasteiger partial charge in [-0.15, -0.1) is 0 Å². The first-order valence-electron chi connectivity index (χ1n) is 14.7. The largest absolute Gasteiger partial charge is 0.451 e. The minimum Gasteiger partial charge on any atom is -0.451 e. The molecule has 2 saturated carbocycles. The molecule has 0 radical (unpaired) electrons. The molecule has 45 heavy (non-hydrogen) atoms. The Hall–Kier alpha value is -3.40. The molecule has 7 atom stereocenters. The Morgan fingerprint density at radius 3 is 2.16 bits per heavy atom. The average molecular weight is 751 g/mol. The molecule has 1 aromatic heterocycles. The van der Waals surface area contributed by atoms with E-state index in [-0.39, 0.29) is 56.5 Å². The first-order valence-corrected chi connectivity index (χ1v) is 16.9. The van der Waals surface area contributed by atoms with Gasteiger partial charge in [-0.1, -0.05) is 85.4 Å². The van der Waals surface area contributed by atoms with E-state index in [4.69, 9.17) is 21.3 Å². The molecule has 4 aromatic rings. The van der Waals surface area contributed by atoms with Gasteiger partial charge in [-0.05, 0) is 68.5 Å². The molecule has 3 aromatic carbocycles. The number of amides is 2. The minimum atomic E-state index is -1.02. The van der Waals surface area contributed by atoms with Crippen LogP contribution in [0.1, 0.15) is 39.6 Å². The van der Waals surface area contributed by atoms with Gasteiger partial charge < -0.3 is 4.74 Å². The normalized spacial score (nSPS) is 25.9. The number of benzene rings is 3. The van der Waals surface area contributed by atoms with Crippen molar-refractivity contribution in [2.24, 2.45) is 23.7 Å². The van der Waals surface area contributed by atoms with E-state index in [1.807, 2.05) is 19.1 Å². The number of pyridine rings is 1. The fourth-order valence-corrected chi connectivity index (χ4v) is 9.17. The zero-order valence-corrected chi connectivity index (χ0v) is 28.2. The van der Waals surface area contributed by atoms with E-state index in [9.17, 15) is 19.2 Å². The molecule has 2 aliphatic carbocycles. The summed E-state index contributed by atoms with van der Waals surface area (Å²) in [5, 5.41) is 0.919. The van der Waals surface area contributed by atoms with Crippen LogP contribution >= 0.6 is 43.5 Å². The summed E-state index contributed by atoms with van der Waals surface area (Å²) in [6, 6.07) is 20.8. The molecular weight excluding hydrogens is 724 g/mol. The topological polar surface area (TPSA) is 93.6 Å². The molecule has 2 amide bonds. The van der Waals surface area contributed by atoms with Crippen LogP contribution in [0.5, 0.6) is 0 Å². The van der Waals surface area contributed by atoms with Gasteiger partial charge in [-0.3, -0.25) is 19.3 Å². The van der Waals surface area contributed by atoms with Crippen molar-refractivity contribution in [1.82, 2.24) is 4.98 Å². The van der Waals surface area contributed by atoms with Crippen molar-refractivity contribution in [2.45, 2.75) is 36.0 Å². The van der Waals surface area contributed by atoms with Crippen molar-refractivity contribution in [3.8, 4) is 11.3 Å². The number of fused-ring (bicyclic) bond motifs is 6. The van der Waals surface area contributed by atoms with E-state index in [2.05, 4.69) is 31.9 Å². The fraction of sp³-hybridized carbons (Fsp3) is 0.286. The second-order valence-electron chi connectivity index (χ2n) is 12.1. The standard InChI is InChI=1S/C35H27Br2ClN2O5/c1-16-3-5-19(6-4-16)32(41)17(2)45-35(44)23-15-27(39-26-12-9-20(38)13-22(23)26)18-7-10-21(11-8-18)40-33(42)28-24-14-25(29(28)34(40)43)31(37)30(24)36/h3-13,15,17,24-25,28-31H,14H2,1-2H3. The van der Waals surface area contributed by atoms with Gasteiger partial charge in [0.05, 0.1) is 34.3 Å². The summed E-state index contributed by atoms with van der Waals surface area (Å²) >= 11 is 13.7. The number of Topliss-reactive ketones (excluding diaryl/α,β-unsaturated/α-hetero) is 1. The van der Waals surface area contributed by atoms with Gasteiger partial charge in [0.25, 0.3) is 0 Å². The number of esters is 1. The van der Waals surface area contributed by atoms with Gasteiger partial charge in [-0.2, -0.15) is 0 Å². The van der Waals surface area contributed by atoms with Gasteiger partial charge >= 0.3 is 5.97 Å². The highest BCUT2D eigenvalue weighted by molar-refractivity contribution is 9.12. The van der Waals surface area contributed by atoms with Crippen LogP contribution in [0.15, 0.2) is 72.8 Å². The molecule has 7 rings (SSSR count). The molecule has 3 aliphatic rings. The van der Waals surface area contributed by atoms with Gasteiger partial charge in [-0.25, -0.2) is 9.78 Å². The SMILES string of the molecule is Cc1ccc(C(=O)C(C)OC(=O)c2cc(-c3ccc(N4C(=O)C5C6CC(C(Br)C6Br)C5C4=O)cc3)nc3ccc(Cl)cc23)cc1. The average Bonchev–Trinajstić information content (AvgIpc) is 3.65. The highest BCUT2D eigenvalue weighted by Crippen LogP contribution is 2.60. The maximum absolute atomic E-state index is 13.5. The molecule has 2 bridgehead atoms. The maximum atomic E-state index is 13.5. The number of halogens is 3. The molecule has 0 spiro atoms. The lowest BCUT2D eigenvalue weighted by Crippen LogP contribution is -2.37. The van der Waals surface area contributed by atoms with E-state index < -0.39 is 12.1 Å². The molecule has 2 heterocycles. The number of aromatic nitrogens is 1. The zero-order chi connectivity index (χ0) is 31.7. The Kier molecular flexibility index (Phi) is 7.69. The Morgan fingerprint density at radius 2 is 1.53 bits per heavy atom. The van der Waals surface area contributed by atoms with Crippen molar-refractivity contribution < 1.29 is 23.9 Å². The Labute approximate surface area is 281 Å². The second-order valence-corrected chi connectivity index (χ2v) is 14.6. The molecule has 228 valence electrons. The molecule has 1 aliphatic heterocycles. The number of rotatable bonds is 6. The number of aryl methyl sites for hydroxylation is 1. The molecule has 0 N–H and O–H groups in total. The van der Waals surface area contributed by atoms with Crippen LogP contribution < -0.4 is 4.90 Å². The minimum absolute atomic E-state index is 0.133. The summed E-state index contributed by atoms with van der Waals surface area (Å²) in [4.78, 5) is 59.9. The van der Waals surface area contributed by atoms with Crippen molar-refractivity contribution in [3.05, 3.63) is 94.5 Å². The van der Waals surface area contributed by atoms with Crippen LogP contribution in [0.4, 0.5) is 5.69 Å². The van der Waals surface area contributed by atoms with Gasteiger partial charge in [0.15, 0.2) is 6.10 Å². The first-order chi connectivity index (χ1) is 21.5. The summed E-state index contributed by atoms with van der Waals surface area (Å²) in [6.07, 6.45) is -0.149. The lowest BCUT2D eigenvalue weighted by atomic mass is 9.81. The summed E-state index contributed by atoms with van der Waals surface area (Å²) in [7, 11) is 0. The van der Waals surface area contributed by atoms with Crippen molar-refractivity contribution in [1.29, 1.82) is 0 Å². The summed E-state index contributed by atoms with van der Waals surface area (Å²) in [6.45, 7) is 3.48. The number of carbonyl (C=O) groups is 4. The maximum Gasteiger partial charge on any atom is 0.339 e. The number of carbonyl (C=O) groups excluding carboxylic acids is 4. The van der Waals surface area contributed by atoms with Crippen LogP contribution in [-0.4, -0.2) is 44.3 Å². The number of imide groups is 1. The quantitative estimate of drug-likeness (QED) is 0.0874. The third-order valence-electron chi connectivity index (χ3n) is 9.39. The van der Waals surface area contributed by atoms with Crippen LogP contribution in [0.2, 0.25) is 5.02 Å².